The van der Waals surface area contributed by atoms with Crippen molar-refractivity contribution >= 4 is 50.3 Å². The molecule has 7 nitrogen and oxygen atoms in total. The monoisotopic (exact) mass is 488 g/mol. The molecule has 9 heteroatoms. The van der Waals surface area contributed by atoms with Crippen molar-refractivity contribution in [1.82, 2.24) is 9.66 Å². The van der Waals surface area contributed by atoms with E-state index in [1.807, 2.05) is 12.1 Å². The third-order valence-electron chi connectivity index (χ3n) is 5.31. The number of hydrogen-bond acceptors (Lipinski definition) is 5. The Morgan fingerprint density at radius 3 is 2.67 bits per heavy atom. The van der Waals surface area contributed by atoms with Gasteiger partial charge in [-0.3, -0.25) is 14.9 Å². The highest BCUT2D eigenvalue weighted by Crippen LogP contribution is 2.32. The van der Waals surface area contributed by atoms with Crippen LogP contribution in [0.5, 0.6) is 0 Å². The number of non-ortho nitro benzene ring substituents is 1. The summed E-state index contributed by atoms with van der Waals surface area (Å²) >= 11 is 9.58. The molecule has 1 saturated carbocycles. The quantitative estimate of drug-likeness (QED) is 0.269. The highest BCUT2D eigenvalue weighted by molar-refractivity contribution is 9.10. The maximum Gasteiger partial charge on any atom is 0.282 e. The van der Waals surface area contributed by atoms with Crippen LogP contribution in [0.15, 0.2) is 50.8 Å². The van der Waals surface area contributed by atoms with Crippen molar-refractivity contribution in [1.29, 1.82) is 0 Å². The van der Waals surface area contributed by atoms with E-state index in [-0.39, 0.29) is 22.2 Å². The van der Waals surface area contributed by atoms with E-state index in [2.05, 4.69) is 21.0 Å². The lowest BCUT2D eigenvalue weighted by atomic mass is 9.88. The third-order valence-corrected chi connectivity index (χ3v) is 6.13. The Balaban J connectivity index is 1.83. The average molecular weight is 490 g/mol. The number of fused-ring (bicyclic) bond motifs is 1. The van der Waals surface area contributed by atoms with Gasteiger partial charge in [0.1, 0.15) is 5.82 Å². The van der Waals surface area contributed by atoms with Crippen LogP contribution < -0.4 is 5.56 Å². The van der Waals surface area contributed by atoms with Gasteiger partial charge < -0.3 is 0 Å². The van der Waals surface area contributed by atoms with Crippen LogP contribution in [-0.4, -0.2) is 20.8 Å². The van der Waals surface area contributed by atoms with Gasteiger partial charge in [0.05, 0.1) is 27.1 Å². The van der Waals surface area contributed by atoms with Crippen LogP contribution in [0.25, 0.3) is 10.9 Å². The number of rotatable bonds is 4. The smallest absolute Gasteiger partial charge is 0.267 e. The predicted molar refractivity (Wildman–Crippen MR) is 121 cm³/mol. The first-order valence-electron chi connectivity index (χ1n) is 9.64. The van der Waals surface area contributed by atoms with Crippen LogP contribution in [0.3, 0.4) is 0 Å². The van der Waals surface area contributed by atoms with E-state index >= 15 is 0 Å². The maximum absolute atomic E-state index is 13.3. The van der Waals surface area contributed by atoms with Crippen molar-refractivity contribution < 1.29 is 4.92 Å². The minimum atomic E-state index is -0.510. The standard InChI is InChI=1S/C21H18BrClN4O3/c22-15-7-9-19-17(10-15)21(28)26(20(25-19)13-4-2-1-3-5-13)24-12-14-6-8-16(27(29)30)11-18(14)23/h6-13H,1-5H2. The van der Waals surface area contributed by atoms with E-state index in [9.17, 15) is 14.9 Å². The van der Waals surface area contributed by atoms with Crippen LogP contribution in [0.1, 0.15) is 49.4 Å². The van der Waals surface area contributed by atoms with E-state index in [1.165, 1.54) is 35.5 Å². The number of nitro groups is 1. The van der Waals surface area contributed by atoms with Crippen molar-refractivity contribution in [2.45, 2.75) is 38.0 Å². The van der Waals surface area contributed by atoms with Crippen LogP contribution in [-0.2, 0) is 0 Å². The van der Waals surface area contributed by atoms with Gasteiger partial charge in [0.2, 0.25) is 0 Å². The molecule has 3 aromatic rings. The molecule has 0 N–H and O–H groups in total. The second-order valence-electron chi connectivity index (χ2n) is 7.29. The summed E-state index contributed by atoms with van der Waals surface area (Å²) in [6.45, 7) is 0. The van der Waals surface area contributed by atoms with Crippen molar-refractivity contribution in [3.63, 3.8) is 0 Å². The van der Waals surface area contributed by atoms with Crippen LogP contribution in [0.4, 0.5) is 5.69 Å². The molecular weight excluding hydrogens is 472 g/mol. The molecule has 4 rings (SSSR count). The Morgan fingerprint density at radius 2 is 1.97 bits per heavy atom. The Bertz CT molecular complexity index is 1220. The zero-order valence-electron chi connectivity index (χ0n) is 15.9. The summed E-state index contributed by atoms with van der Waals surface area (Å²) < 4.78 is 2.14. The summed E-state index contributed by atoms with van der Waals surface area (Å²) in [5.74, 6) is 0.799. The fraction of sp³-hybridized carbons (Fsp3) is 0.286. The van der Waals surface area contributed by atoms with Crippen molar-refractivity contribution in [3.8, 4) is 0 Å². The molecule has 0 unspecified atom stereocenters. The van der Waals surface area contributed by atoms with E-state index in [1.54, 1.807) is 6.07 Å². The molecule has 1 heterocycles. The van der Waals surface area contributed by atoms with E-state index in [4.69, 9.17) is 16.6 Å². The van der Waals surface area contributed by atoms with Crippen LogP contribution >= 0.6 is 27.5 Å². The van der Waals surface area contributed by atoms with Gasteiger partial charge in [0.15, 0.2) is 0 Å². The fourth-order valence-electron chi connectivity index (χ4n) is 3.76. The number of halogens is 2. The third kappa shape index (κ3) is 4.15. The van der Waals surface area contributed by atoms with E-state index in [0.29, 0.717) is 22.3 Å². The Kier molecular flexibility index (Phi) is 5.97. The first-order chi connectivity index (χ1) is 14.4. The number of nitro benzene ring substituents is 1. The SMILES string of the molecule is O=c1c2cc(Br)ccc2nc(C2CCCCC2)n1N=Cc1ccc([N+](=O)[O-])cc1Cl. The zero-order valence-corrected chi connectivity index (χ0v) is 18.3. The van der Waals surface area contributed by atoms with E-state index < -0.39 is 4.92 Å². The highest BCUT2D eigenvalue weighted by Gasteiger charge is 2.22. The Hall–Kier alpha value is -2.58. The molecule has 1 fully saturated rings. The molecule has 0 radical (unpaired) electrons. The molecule has 0 saturated heterocycles. The largest absolute Gasteiger partial charge is 0.282 e. The first kappa shape index (κ1) is 20.7. The Morgan fingerprint density at radius 1 is 1.20 bits per heavy atom. The molecule has 0 aliphatic heterocycles. The van der Waals surface area contributed by atoms with Gasteiger partial charge in [0.25, 0.3) is 11.2 Å². The van der Waals surface area contributed by atoms with Gasteiger partial charge in [-0.2, -0.15) is 9.78 Å². The molecule has 1 aliphatic carbocycles. The summed E-state index contributed by atoms with van der Waals surface area (Å²) in [7, 11) is 0. The topological polar surface area (TPSA) is 90.4 Å². The summed E-state index contributed by atoms with van der Waals surface area (Å²) in [5, 5.41) is 16.0. The fourth-order valence-corrected chi connectivity index (χ4v) is 4.34. The minimum Gasteiger partial charge on any atom is -0.267 e. The number of aromatic nitrogens is 2. The number of benzene rings is 2. The lowest BCUT2D eigenvalue weighted by Gasteiger charge is -2.22. The Labute approximate surface area is 185 Å². The molecule has 1 aliphatic rings. The van der Waals surface area contributed by atoms with Crippen molar-refractivity contribution in [2.24, 2.45) is 5.10 Å². The first-order valence-corrected chi connectivity index (χ1v) is 10.8. The van der Waals surface area contributed by atoms with Crippen molar-refractivity contribution in [2.75, 3.05) is 0 Å². The van der Waals surface area contributed by atoms with Crippen molar-refractivity contribution in [3.05, 3.63) is 77.7 Å². The summed E-state index contributed by atoms with van der Waals surface area (Å²) in [4.78, 5) is 28.4. The second-order valence-corrected chi connectivity index (χ2v) is 8.61. The molecule has 30 heavy (non-hydrogen) atoms. The molecule has 0 amide bonds. The number of nitrogens with zero attached hydrogens (tertiary/aromatic N) is 4. The normalized spacial score (nSPS) is 15.1. The summed E-state index contributed by atoms with van der Waals surface area (Å²) in [6.07, 6.45) is 6.74. The van der Waals surface area contributed by atoms with Gasteiger partial charge in [-0.15, -0.1) is 0 Å². The van der Waals surface area contributed by atoms with Gasteiger partial charge >= 0.3 is 0 Å². The molecule has 0 atom stereocenters. The van der Waals surface area contributed by atoms with Gasteiger partial charge in [-0.1, -0.05) is 46.8 Å². The highest BCUT2D eigenvalue weighted by atomic mass is 79.9. The van der Waals surface area contributed by atoms with Gasteiger partial charge in [-0.25, -0.2) is 4.98 Å². The van der Waals surface area contributed by atoms with Gasteiger partial charge in [-0.05, 0) is 37.1 Å². The summed E-state index contributed by atoms with van der Waals surface area (Å²) in [5.41, 5.74) is 0.771. The summed E-state index contributed by atoms with van der Waals surface area (Å²) in [6, 6.07) is 9.57. The lowest BCUT2D eigenvalue weighted by Crippen LogP contribution is -2.25. The van der Waals surface area contributed by atoms with Crippen LogP contribution in [0, 0.1) is 10.1 Å². The van der Waals surface area contributed by atoms with Gasteiger partial charge in [0, 0.05) is 28.1 Å². The lowest BCUT2D eigenvalue weighted by molar-refractivity contribution is -0.384. The van der Waals surface area contributed by atoms with Crippen LogP contribution in [0.2, 0.25) is 5.02 Å². The number of hydrogen-bond donors (Lipinski definition) is 0. The molecule has 1 aromatic heterocycles. The maximum atomic E-state index is 13.3. The molecule has 2 aromatic carbocycles. The molecular formula is C21H18BrClN4O3. The molecule has 154 valence electrons. The minimum absolute atomic E-state index is 0.102. The molecule has 0 spiro atoms. The second kappa shape index (κ2) is 8.65. The zero-order chi connectivity index (χ0) is 21.3. The molecule has 0 bridgehead atoms. The average Bonchev–Trinajstić information content (AvgIpc) is 2.74. The predicted octanol–water partition coefficient (Wildman–Crippen LogP) is 5.65. The van der Waals surface area contributed by atoms with E-state index in [0.717, 1.165) is 30.2 Å².